The Morgan fingerprint density at radius 1 is 1.36 bits per heavy atom. The molecule has 1 aromatic rings. The van der Waals surface area contributed by atoms with Crippen molar-refractivity contribution in [1.29, 1.82) is 0 Å². The summed E-state index contributed by atoms with van der Waals surface area (Å²) in [7, 11) is 0. The third-order valence-electron chi connectivity index (χ3n) is 1.21. The van der Waals surface area contributed by atoms with Gasteiger partial charge >= 0.3 is 0 Å². The summed E-state index contributed by atoms with van der Waals surface area (Å²) in [5.74, 6) is 1.51. The molecule has 0 bridgehead atoms. The lowest BCUT2D eigenvalue weighted by Gasteiger charge is -1.92. The van der Waals surface area contributed by atoms with Crippen molar-refractivity contribution in [2.45, 2.75) is 0 Å². The van der Waals surface area contributed by atoms with E-state index in [2.05, 4.69) is 20.5 Å². The molecule has 1 aliphatic rings. The summed E-state index contributed by atoms with van der Waals surface area (Å²) in [6.45, 7) is 0. The number of hydrazone groups is 1. The van der Waals surface area contributed by atoms with Gasteiger partial charge < -0.3 is 0 Å². The third-order valence-corrected chi connectivity index (χ3v) is 2.03. The van der Waals surface area contributed by atoms with Gasteiger partial charge in [0.15, 0.2) is 10.9 Å². The van der Waals surface area contributed by atoms with Crippen LogP contribution in [-0.4, -0.2) is 20.9 Å². The maximum absolute atomic E-state index is 4.06. The number of hydrogen-bond donors (Lipinski definition) is 1. The van der Waals surface area contributed by atoms with E-state index in [9.17, 15) is 0 Å². The minimum atomic E-state index is 0.697. The van der Waals surface area contributed by atoms with Crippen LogP contribution in [0, 0.1) is 0 Å². The van der Waals surface area contributed by atoms with E-state index in [1.54, 1.807) is 30.2 Å². The van der Waals surface area contributed by atoms with Gasteiger partial charge in [0.25, 0.3) is 0 Å². The Labute approximate surface area is 68.1 Å². The van der Waals surface area contributed by atoms with Crippen molar-refractivity contribution >= 4 is 16.8 Å². The van der Waals surface area contributed by atoms with E-state index >= 15 is 0 Å². The van der Waals surface area contributed by atoms with Gasteiger partial charge in [-0.05, 0) is 6.07 Å². The normalized spacial score (nSPS) is 15.8. The summed E-state index contributed by atoms with van der Waals surface area (Å²) in [4.78, 5) is 8.12. The van der Waals surface area contributed by atoms with E-state index in [1.807, 2.05) is 0 Å². The monoisotopic (exact) mass is 166 g/mol. The number of hydrogen-bond acceptors (Lipinski definition) is 5. The number of nitrogens with one attached hydrogen (secondary N) is 1. The van der Waals surface area contributed by atoms with Gasteiger partial charge in [0.2, 0.25) is 0 Å². The second-order valence-electron chi connectivity index (χ2n) is 1.94. The van der Waals surface area contributed by atoms with Crippen LogP contribution < -0.4 is 5.43 Å². The van der Waals surface area contributed by atoms with Crippen molar-refractivity contribution < 1.29 is 0 Å². The standard InChI is InChI=1S/C6H6N4S/c1-2-7-5(8-3-1)6-10-9-4-11-6/h1-3,9H,4H2. The van der Waals surface area contributed by atoms with Gasteiger partial charge in [0.1, 0.15) is 0 Å². The van der Waals surface area contributed by atoms with Crippen molar-refractivity contribution in [3.05, 3.63) is 24.3 Å². The lowest BCUT2D eigenvalue weighted by atomic mass is 10.6. The van der Waals surface area contributed by atoms with Crippen molar-refractivity contribution in [2.75, 3.05) is 5.88 Å². The first-order valence-electron chi connectivity index (χ1n) is 3.17. The van der Waals surface area contributed by atoms with E-state index < -0.39 is 0 Å². The molecule has 0 amide bonds. The van der Waals surface area contributed by atoms with Crippen LogP contribution in [0.25, 0.3) is 0 Å². The first-order chi connectivity index (χ1) is 5.47. The average molecular weight is 166 g/mol. The fraction of sp³-hybridized carbons (Fsp3) is 0.167. The molecule has 0 fully saturated rings. The molecule has 11 heavy (non-hydrogen) atoms. The molecule has 0 aliphatic carbocycles. The van der Waals surface area contributed by atoms with Crippen LogP contribution >= 0.6 is 11.8 Å². The summed E-state index contributed by atoms with van der Waals surface area (Å²) in [5.41, 5.74) is 2.84. The molecular weight excluding hydrogens is 160 g/mol. The van der Waals surface area contributed by atoms with Crippen LogP contribution in [0.15, 0.2) is 23.6 Å². The first-order valence-corrected chi connectivity index (χ1v) is 4.16. The topological polar surface area (TPSA) is 50.2 Å². The molecule has 1 aromatic heterocycles. The van der Waals surface area contributed by atoms with Crippen LogP contribution in [0.3, 0.4) is 0 Å². The Kier molecular flexibility index (Phi) is 1.72. The molecule has 1 aliphatic heterocycles. The molecule has 1 N–H and O–H groups in total. The molecule has 0 saturated carbocycles. The quantitative estimate of drug-likeness (QED) is 0.657. The second kappa shape index (κ2) is 2.87. The highest BCUT2D eigenvalue weighted by Gasteiger charge is 2.10. The van der Waals surface area contributed by atoms with Crippen molar-refractivity contribution in [3.8, 4) is 0 Å². The highest BCUT2D eigenvalue weighted by molar-refractivity contribution is 8.14. The predicted octanol–water partition coefficient (Wildman–Crippen LogP) is 0.432. The molecule has 56 valence electrons. The fourth-order valence-corrected chi connectivity index (χ4v) is 1.39. The third kappa shape index (κ3) is 1.32. The Balaban J connectivity index is 2.29. The SMILES string of the molecule is c1cnc(C2=NNCS2)nc1. The smallest absolute Gasteiger partial charge is 0.186 e. The number of thioether (sulfide) groups is 1. The minimum Gasteiger partial charge on any atom is -0.298 e. The Morgan fingerprint density at radius 3 is 2.82 bits per heavy atom. The second-order valence-corrected chi connectivity index (χ2v) is 2.90. The zero-order valence-electron chi connectivity index (χ0n) is 5.69. The molecular formula is C6H6N4S. The van der Waals surface area contributed by atoms with Gasteiger partial charge in [-0.2, -0.15) is 5.10 Å². The first kappa shape index (κ1) is 6.60. The van der Waals surface area contributed by atoms with E-state index in [0.29, 0.717) is 5.82 Å². The molecule has 0 atom stereocenters. The fourth-order valence-electron chi connectivity index (χ4n) is 0.761. The summed E-state index contributed by atoms with van der Waals surface area (Å²) < 4.78 is 0. The molecule has 5 heteroatoms. The van der Waals surface area contributed by atoms with Crippen LogP contribution in [0.2, 0.25) is 0 Å². The van der Waals surface area contributed by atoms with Gasteiger partial charge in [-0.25, -0.2) is 9.97 Å². The Hall–Kier alpha value is -1.10. The summed E-state index contributed by atoms with van der Waals surface area (Å²) in [6, 6.07) is 1.79. The van der Waals surface area contributed by atoms with Gasteiger partial charge in [-0.3, -0.25) is 5.43 Å². The Morgan fingerprint density at radius 2 is 2.18 bits per heavy atom. The summed E-state index contributed by atoms with van der Waals surface area (Å²) in [6.07, 6.45) is 3.42. The average Bonchev–Trinajstić information content (AvgIpc) is 2.58. The van der Waals surface area contributed by atoms with Crippen molar-refractivity contribution in [2.24, 2.45) is 5.10 Å². The maximum atomic E-state index is 4.06. The molecule has 0 radical (unpaired) electrons. The lowest BCUT2D eigenvalue weighted by Crippen LogP contribution is -1.99. The van der Waals surface area contributed by atoms with Crippen molar-refractivity contribution in [1.82, 2.24) is 15.4 Å². The molecule has 2 rings (SSSR count). The molecule has 0 spiro atoms. The zero-order valence-corrected chi connectivity index (χ0v) is 6.51. The van der Waals surface area contributed by atoms with Crippen LogP contribution in [0.5, 0.6) is 0 Å². The summed E-state index contributed by atoms with van der Waals surface area (Å²) >= 11 is 1.61. The molecule has 2 heterocycles. The molecule has 4 nitrogen and oxygen atoms in total. The molecule has 0 unspecified atom stereocenters. The van der Waals surface area contributed by atoms with Gasteiger partial charge in [-0.15, -0.1) is 0 Å². The van der Waals surface area contributed by atoms with Crippen LogP contribution in [-0.2, 0) is 0 Å². The number of rotatable bonds is 1. The van der Waals surface area contributed by atoms with E-state index in [1.165, 1.54) is 0 Å². The van der Waals surface area contributed by atoms with Gasteiger partial charge in [-0.1, -0.05) is 11.8 Å². The van der Waals surface area contributed by atoms with Crippen molar-refractivity contribution in [3.63, 3.8) is 0 Å². The van der Waals surface area contributed by atoms with Gasteiger partial charge in [0.05, 0.1) is 5.88 Å². The minimum absolute atomic E-state index is 0.697. The highest BCUT2D eigenvalue weighted by atomic mass is 32.2. The van der Waals surface area contributed by atoms with Crippen LogP contribution in [0.4, 0.5) is 0 Å². The predicted molar refractivity (Wildman–Crippen MR) is 44.2 cm³/mol. The number of nitrogens with zero attached hydrogens (tertiary/aromatic N) is 3. The Bertz CT molecular complexity index is 271. The van der Waals surface area contributed by atoms with Crippen LogP contribution in [0.1, 0.15) is 5.82 Å². The largest absolute Gasteiger partial charge is 0.298 e. The highest BCUT2D eigenvalue weighted by Crippen LogP contribution is 2.11. The maximum Gasteiger partial charge on any atom is 0.186 e. The number of aromatic nitrogens is 2. The summed E-state index contributed by atoms with van der Waals surface area (Å²) in [5, 5.41) is 4.88. The molecule has 0 saturated heterocycles. The van der Waals surface area contributed by atoms with E-state index in [0.717, 1.165) is 10.9 Å². The molecule has 0 aromatic carbocycles. The van der Waals surface area contributed by atoms with Gasteiger partial charge in [0, 0.05) is 12.4 Å². The van der Waals surface area contributed by atoms with E-state index in [-0.39, 0.29) is 0 Å². The lowest BCUT2D eigenvalue weighted by molar-refractivity contribution is 0.891. The van der Waals surface area contributed by atoms with E-state index in [4.69, 9.17) is 0 Å². The zero-order chi connectivity index (χ0) is 7.52.